The first-order chi connectivity index (χ1) is 8.70. The predicted octanol–water partition coefficient (Wildman–Crippen LogP) is 4.43. The third-order valence-corrected chi connectivity index (χ3v) is 3.90. The number of hydrogen-bond acceptors (Lipinski definition) is 2. The van der Waals surface area contributed by atoms with Crippen molar-refractivity contribution in [1.29, 1.82) is 0 Å². The van der Waals surface area contributed by atoms with Gasteiger partial charge in [0.15, 0.2) is 0 Å². The van der Waals surface area contributed by atoms with Gasteiger partial charge in [0.1, 0.15) is 5.82 Å². The molecule has 1 atom stereocenters. The topological polar surface area (TPSA) is 12.0 Å². The van der Waals surface area contributed by atoms with Gasteiger partial charge in [-0.2, -0.15) is 0 Å². The highest BCUT2D eigenvalue weighted by molar-refractivity contribution is 7.09. The molecule has 0 bridgehead atoms. The molecule has 18 heavy (non-hydrogen) atoms. The molecule has 0 radical (unpaired) electrons. The largest absolute Gasteiger partial charge is 0.310 e. The summed E-state index contributed by atoms with van der Waals surface area (Å²) in [6.07, 6.45) is 0.781. The van der Waals surface area contributed by atoms with E-state index in [2.05, 4.69) is 11.4 Å². The highest BCUT2D eigenvalue weighted by Gasteiger charge is 2.16. The zero-order valence-electron chi connectivity index (χ0n) is 10.1. The molecule has 96 valence electrons. The summed E-state index contributed by atoms with van der Waals surface area (Å²) in [6, 6.07) is 8.75. The third-order valence-electron chi connectivity index (χ3n) is 2.77. The molecule has 2 aromatic rings. The predicted molar refractivity (Wildman–Crippen MR) is 75.9 cm³/mol. The number of hydrogen-bond donors (Lipinski definition) is 1. The van der Waals surface area contributed by atoms with Crippen molar-refractivity contribution in [1.82, 2.24) is 5.32 Å². The van der Waals surface area contributed by atoms with Crippen LogP contribution in [-0.4, -0.2) is 6.54 Å². The van der Waals surface area contributed by atoms with Crippen LogP contribution in [0.2, 0.25) is 5.02 Å². The summed E-state index contributed by atoms with van der Waals surface area (Å²) in [4.78, 5) is 1.24. The lowest BCUT2D eigenvalue weighted by Gasteiger charge is -2.18. The van der Waals surface area contributed by atoms with Crippen LogP contribution in [0.15, 0.2) is 35.7 Å². The van der Waals surface area contributed by atoms with Gasteiger partial charge >= 0.3 is 0 Å². The van der Waals surface area contributed by atoms with Crippen LogP contribution < -0.4 is 5.32 Å². The minimum Gasteiger partial charge on any atom is -0.310 e. The molecule has 0 saturated carbocycles. The van der Waals surface area contributed by atoms with Crippen molar-refractivity contribution < 1.29 is 4.39 Å². The Morgan fingerprint density at radius 3 is 2.89 bits per heavy atom. The fraction of sp³-hybridized carbons (Fsp3) is 0.286. The molecule has 2 rings (SSSR count). The second-order valence-electron chi connectivity index (χ2n) is 4.06. The fourth-order valence-electron chi connectivity index (χ4n) is 1.95. The monoisotopic (exact) mass is 283 g/mol. The number of halogens is 2. The molecule has 0 amide bonds. The number of thiophene rings is 1. The Labute approximate surface area is 116 Å². The van der Waals surface area contributed by atoms with E-state index >= 15 is 0 Å². The molecule has 1 N–H and O–H groups in total. The van der Waals surface area contributed by atoms with E-state index in [0.717, 1.165) is 13.0 Å². The maximum atomic E-state index is 13.9. The average molecular weight is 284 g/mol. The summed E-state index contributed by atoms with van der Waals surface area (Å²) in [6.45, 7) is 2.81. The standard InChI is InChI=1S/C14H15ClFNS/c1-2-17-14(9-11-4-3-7-18-11)12-8-10(15)5-6-13(12)16/h3-8,14,17H,2,9H2,1H3. The Kier molecular flexibility index (Phi) is 4.75. The van der Waals surface area contributed by atoms with Crippen LogP contribution in [0.1, 0.15) is 23.4 Å². The second kappa shape index (κ2) is 6.32. The quantitative estimate of drug-likeness (QED) is 0.856. The van der Waals surface area contributed by atoms with E-state index in [1.807, 2.05) is 18.4 Å². The first-order valence-electron chi connectivity index (χ1n) is 5.91. The van der Waals surface area contributed by atoms with Gasteiger partial charge in [-0.3, -0.25) is 0 Å². The summed E-state index contributed by atoms with van der Waals surface area (Å²) in [5.41, 5.74) is 0.637. The van der Waals surface area contributed by atoms with Crippen molar-refractivity contribution in [3.8, 4) is 0 Å². The smallest absolute Gasteiger partial charge is 0.128 e. The van der Waals surface area contributed by atoms with E-state index in [1.54, 1.807) is 23.5 Å². The third kappa shape index (κ3) is 3.31. The van der Waals surface area contributed by atoms with Crippen LogP contribution in [0.4, 0.5) is 4.39 Å². The lowest BCUT2D eigenvalue weighted by atomic mass is 10.0. The van der Waals surface area contributed by atoms with Crippen LogP contribution >= 0.6 is 22.9 Å². The molecule has 0 fully saturated rings. The van der Waals surface area contributed by atoms with Crippen molar-refractivity contribution in [3.05, 3.63) is 57.0 Å². The van der Waals surface area contributed by atoms with Crippen molar-refractivity contribution in [2.45, 2.75) is 19.4 Å². The normalized spacial score (nSPS) is 12.6. The molecule has 1 heterocycles. The molecule has 4 heteroatoms. The van der Waals surface area contributed by atoms with Gasteiger partial charge in [0.2, 0.25) is 0 Å². The molecule has 0 aliphatic carbocycles. The van der Waals surface area contributed by atoms with Crippen LogP contribution in [-0.2, 0) is 6.42 Å². The molecule has 0 spiro atoms. The summed E-state index contributed by atoms with van der Waals surface area (Å²) >= 11 is 7.64. The van der Waals surface area contributed by atoms with Gasteiger partial charge in [-0.15, -0.1) is 11.3 Å². The van der Waals surface area contributed by atoms with E-state index < -0.39 is 0 Å². The Morgan fingerprint density at radius 2 is 2.22 bits per heavy atom. The fourth-order valence-corrected chi connectivity index (χ4v) is 2.88. The summed E-state index contributed by atoms with van der Waals surface area (Å²) in [5, 5.41) is 5.92. The Balaban J connectivity index is 2.26. The van der Waals surface area contributed by atoms with Crippen LogP contribution in [0.25, 0.3) is 0 Å². The lowest BCUT2D eigenvalue weighted by Crippen LogP contribution is -2.23. The van der Waals surface area contributed by atoms with Crippen molar-refractivity contribution >= 4 is 22.9 Å². The number of rotatable bonds is 5. The van der Waals surface area contributed by atoms with Gasteiger partial charge in [0.05, 0.1) is 0 Å². The summed E-state index contributed by atoms with van der Waals surface area (Å²) in [5.74, 6) is -0.207. The van der Waals surface area contributed by atoms with Gasteiger partial charge in [-0.25, -0.2) is 4.39 Å². The summed E-state index contributed by atoms with van der Waals surface area (Å²) in [7, 11) is 0. The number of benzene rings is 1. The zero-order valence-corrected chi connectivity index (χ0v) is 11.7. The Hall–Kier alpha value is -0.900. The molecule has 1 nitrogen and oxygen atoms in total. The molecular formula is C14H15ClFNS. The van der Waals surface area contributed by atoms with Gasteiger partial charge < -0.3 is 5.32 Å². The van der Waals surface area contributed by atoms with E-state index in [4.69, 9.17) is 11.6 Å². The average Bonchev–Trinajstić information content (AvgIpc) is 2.85. The van der Waals surface area contributed by atoms with E-state index in [0.29, 0.717) is 10.6 Å². The van der Waals surface area contributed by atoms with Gasteiger partial charge in [-0.05, 0) is 36.2 Å². The number of nitrogens with one attached hydrogen (secondary N) is 1. The van der Waals surface area contributed by atoms with Crippen LogP contribution in [0, 0.1) is 5.82 Å². The Bertz CT molecular complexity index is 499. The second-order valence-corrected chi connectivity index (χ2v) is 5.53. The molecule has 1 aromatic carbocycles. The minimum absolute atomic E-state index is 0.0349. The van der Waals surface area contributed by atoms with E-state index in [1.165, 1.54) is 10.9 Å². The Morgan fingerprint density at radius 1 is 1.39 bits per heavy atom. The maximum Gasteiger partial charge on any atom is 0.128 e. The van der Waals surface area contributed by atoms with E-state index in [-0.39, 0.29) is 11.9 Å². The lowest BCUT2D eigenvalue weighted by molar-refractivity contribution is 0.512. The van der Waals surface area contributed by atoms with Crippen molar-refractivity contribution in [2.75, 3.05) is 6.54 Å². The summed E-state index contributed by atoms with van der Waals surface area (Å²) < 4.78 is 13.9. The highest BCUT2D eigenvalue weighted by Crippen LogP contribution is 2.25. The van der Waals surface area contributed by atoms with Gasteiger partial charge in [0, 0.05) is 27.9 Å². The zero-order chi connectivity index (χ0) is 13.0. The molecular weight excluding hydrogens is 269 g/mol. The van der Waals surface area contributed by atoms with Gasteiger partial charge in [-0.1, -0.05) is 24.6 Å². The maximum absolute atomic E-state index is 13.9. The molecule has 1 unspecified atom stereocenters. The van der Waals surface area contributed by atoms with Crippen molar-refractivity contribution in [3.63, 3.8) is 0 Å². The highest BCUT2D eigenvalue weighted by atomic mass is 35.5. The first-order valence-corrected chi connectivity index (χ1v) is 7.17. The molecule has 0 aliphatic heterocycles. The SMILES string of the molecule is CCNC(Cc1cccs1)c1cc(Cl)ccc1F. The first kappa shape index (κ1) is 13.5. The van der Waals surface area contributed by atoms with Crippen LogP contribution in [0.3, 0.4) is 0 Å². The van der Waals surface area contributed by atoms with Gasteiger partial charge in [0.25, 0.3) is 0 Å². The number of likely N-dealkylation sites (N-methyl/N-ethyl adjacent to an activating group) is 1. The minimum atomic E-state index is -0.207. The van der Waals surface area contributed by atoms with Crippen LogP contribution in [0.5, 0.6) is 0 Å². The van der Waals surface area contributed by atoms with E-state index in [9.17, 15) is 4.39 Å². The molecule has 0 aliphatic rings. The molecule has 0 saturated heterocycles. The van der Waals surface area contributed by atoms with Crippen molar-refractivity contribution in [2.24, 2.45) is 0 Å². The molecule has 1 aromatic heterocycles.